The van der Waals surface area contributed by atoms with Crippen LogP contribution in [-0.2, 0) is 6.42 Å². The zero-order valence-electron chi connectivity index (χ0n) is 12.4. The monoisotopic (exact) mass is 306 g/mol. The number of benzene rings is 2. The van der Waals surface area contributed by atoms with E-state index >= 15 is 0 Å². The lowest BCUT2D eigenvalue weighted by Crippen LogP contribution is -2.06. The minimum atomic E-state index is -0.268. The van der Waals surface area contributed by atoms with Crippen LogP contribution in [0.25, 0.3) is 21.9 Å². The maximum absolute atomic E-state index is 13.5. The maximum Gasteiger partial charge on any atom is 0.153 e. The zero-order chi connectivity index (χ0) is 15.6. The molecule has 0 fully saturated rings. The van der Waals surface area contributed by atoms with Crippen molar-refractivity contribution in [2.45, 2.75) is 6.42 Å². The fourth-order valence-corrected chi connectivity index (χ4v) is 2.77. The summed E-state index contributed by atoms with van der Waals surface area (Å²) >= 11 is 0. The molecule has 0 aliphatic heterocycles. The second-order valence-electron chi connectivity index (χ2n) is 5.42. The number of aromatic nitrogens is 3. The highest BCUT2D eigenvalue weighted by Crippen LogP contribution is 2.27. The first kappa shape index (κ1) is 13.7. The Hall–Kier alpha value is -2.95. The number of H-pyrrole nitrogens is 1. The van der Waals surface area contributed by atoms with Crippen molar-refractivity contribution in [3.8, 4) is 0 Å². The summed E-state index contributed by atoms with van der Waals surface area (Å²) in [5, 5.41) is 4.11. The van der Waals surface area contributed by atoms with Gasteiger partial charge in [0.1, 0.15) is 23.2 Å². The number of hydrogen-bond donors (Lipinski definition) is 2. The van der Waals surface area contributed by atoms with Crippen LogP contribution in [0.1, 0.15) is 5.56 Å². The van der Waals surface area contributed by atoms with Crippen molar-refractivity contribution in [1.29, 1.82) is 0 Å². The molecule has 2 N–H and O–H groups in total. The smallest absolute Gasteiger partial charge is 0.153 e. The van der Waals surface area contributed by atoms with Gasteiger partial charge in [-0.15, -0.1) is 0 Å². The first-order valence-corrected chi connectivity index (χ1v) is 7.51. The van der Waals surface area contributed by atoms with Crippen LogP contribution in [0, 0.1) is 5.82 Å². The number of hydrogen-bond acceptors (Lipinski definition) is 3. The third-order valence-electron chi connectivity index (χ3n) is 3.89. The predicted molar refractivity (Wildman–Crippen MR) is 90.0 cm³/mol. The zero-order valence-corrected chi connectivity index (χ0v) is 12.4. The van der Waals surface area contributed by atoms with Crippen LogP contribution in [0.4, 0.5) is 10.2 Å². The van der Waals surface area contributed by atoms with Crippen molar-refractivity contribution in [3.63, 3.8) is 0 Å². The van der Waals surface area contributed by atoms with Gasteiger partial charge in [-0.1, -0.05) is 30.3 Å². The van der Waals surface area contributed by atoms with Crippen molar-refractivity contribution in [3.05, 3.63) is 66.2 Å². The minimum Gasteiger partial charge on any atom is -0.368 e. The van der Waals surface area contributed by atoms with Crippen molar-refractivity contribution in [1.82, 2.24) is 15.0 Å². The van der Waals surface area contributed by atoms with Crippen molar-refractivity contribution in [2.75, 3.05) is 11.9 Å². The first-order chi connectivity index (χ1) is 11.3. The molecule has 4 nitrogen and oxygen atoms in total. The molecule has 23 heavy (non-hydrogen) atoms. The number of rotatable bonds is 4. The molecule has 2 aromatic heterocycles. The summed E-state index contributed by atoms with van der Waals surface area (Å²) in [6.07, 6.45) is 2.41. The average Bonchev–Trinajstić information content (AvgIpc) is 2.95. The van der Waals surface area contributed by atoms with Crippen LogP contribution in [0.3, 0.4) is 0 Å². The summed E-state index contributed by atoms with van der Waals surface area (Å²) in [4.78, 5) is 11.9. The number of nitrogens with one attached hydrogen (secondary N) is 2. The molecule has 2 heterocycles. The van der Waals surface area contributed by atoms with Gasteiger partial charge in [0.2, 0.25) is 0 Å². The van der Waals surface area contributed by atoms with Gasteiger partial charge in [0, 0.05) is 17.4 Å². The fraction of sp³-hybridized carbons (Fsp3) is 0.111. The molecule has 4 rings (SSSR count). The maximum atomic E-state index is 13.5. The van der Waals surface area contributed by atoms with E-state index in [0.717, 1.165) is 40.7 Å². The van der Waals surface area contributed by atoms with Gasteiger partial charge in [-0.25, -0.2) is 14.4 Å². The van der Waals surface area contributed by atoms with E-state index in [4.69, 9.17) is 0 Å². The van der Waals surface area contributed by atoms with Crippen LogP contribution in [0.2, 0.25) is 0 Å². The van der Waals surface area contributed by atoms with Gasteiger partial charge in [0.15, 0.2) is 5.82 Å². The Morgan fingerprint density at radius 2 is 1.91 bits per heavy atom. The van der Waals surface area contributed by atoms with Gasteiger partial charge >= 0.3 is 0 Å². The topological polar surface area (TPSA) is 53.6 Å². The standard InChI is InChI=1S/C18H15FN4/c19-13-6-7-15-14(10-13)16-17(23-15)18(22-11-21-16)20-9-8-12-4-2-1-3-5-12/h1-7,10-11,23H,8-9H2,(H,20,21,22). The number of nitrogens with zero attached hydrogens (tertiary/aromatic N) is 2. The largest absolute Gasteiger partial charge is 0.368 e. The van der Waals surface area contributed by atoms with Gasteiger partial charge in [0.25, 0.3) is 0 Å². The second-order valence-corrected chi connectivity index (χ2v) is 5.42. The average molecular weight is 306 g/mol. The predicted octanol–water partition coefficient (Wildman–Crippen LogP) is 3.90. The lowest BCUT2D eigenvalue weighted by molar-refractivity contribution is 0.630. The highest BCUT2D eigenvalue weighted by Gasteiger charge is 2.10. The van der Waals surface area contributed by atoms with Crippen LogP contribution < -0.4 is 5.32 Å². The number of fused-ring (bicyclic) bond motifs is 3. The van der Waals surface area contributed by atoms with Crippen LogP contribution in [-0.4, -0.2) is 21.5 Å². The summed E-state index contributed by atoms with van der Waals surface area (Å²) < 4.78 is 13.5. The summed E-state index contributed by atoms with van der Waals surface area (Å²) in [5.41, 5.74) is 3.66. The Bertz CT molecular complexity index is 963. The van der Waals surface area contributed by atoms with E-state index in [9.17, 15) is 4.39 Å². The van der Waals surface area contributed by atoms with Gasteiger partial charge < -0.3 is 10.3 Å². The van der Waals surface area contributed by atoms with E-state index in [1.54, 1.807) is 6.07 Å². The minimum absolute atomic E-state index is 0.268. The van der Waals surface area contributed by atoms with Gasteiger partial charge in [-0.3, -0.25) is 0 Å². The fourth-order valence-electron chi connectivity index (χ4n) is 2.77. The Kier molecular flexibility index (Phi) is 3.38. The number of anilines is 1. The third kappa shape index (κ3) is 2.61. The summed E-state index contributed by atoms with van der Waals surface area (Å²) in [7, 11) is 0. The lowest BCUT2D eigenvalue weighted by Gasteiger charge is -2.06. The Morgan fingerprint density at radius 3 is 2.78 bits per heavy atom. The van der Waals surface area contributed by atoms with Gasteiger partial charge in [0.05, 0.1) is 0 Å². The second kappa shape index (κ2) is 5.68. The summed E-state index contributed by atoms with van der Waals surface area (Å²) in [6.45, 7) is 0.764. The van der Waals surface area contributed by atoms with E-state index in [0.29, 0.717) is 0 Å². The molecule has 2 aromatic carbocycles. The van der Waals surface area contributed by atoms with Crippen LogP contribution in [0.5, 0.6) is 0 Å². The number of halogens is 1. The molecule has 0 unspecified atom stereocenters. The molecule has 0 aliphatic rings. The Morgan fingerprint density at radius 1 is 1.04 bits per heavy atom. The molecule has 0 atom stereocenters. The van der Waals surface area contributed by atoms with Crippen molar-refractivity contribution >= 4 is 27.8 Å². The molecule has 0 spiro atoms. The SMILES string of the molecule is Fc1ccc2[nH]c3c(NCCc4ccccc4)ncnc3c2c1. The molecule has 114 valence electrons. The molecule has 0 saturated heterocycles. The normalized spacial score (nSPS) is 11.2. The molecule has 0 saturated carbocycles. The van der Waals surface area contributed by atoms with Gasteiger partial charge in [-0.05, 0) is 30.2 Å². The van der Waals surface area contributed by atoms with Gasteiger partial charge in [-0.2, -0.15) is 0 Å². The van der Waals surface area contributed by atoms with E-state index < -0.39 is 0 Å². The third-order valence-corrected chi connectivity index (χ3v) is 3.89. The van der Waals surface area contributed by atoms with Crippen molar-refractivity contribution < 1.29 is 4.39 Å². The van der Waals surface area contributed by atoms with Crippen LogP contribution in [0.15, 0.2) is 54.9 Å². The molecule has 0 bridgehead atoms. The molecule has 0 amide bonds. The molecular weight excluding hydrogens is 291 g/mol. The van der Waals surface area contributed by atoms with E-state index in [-0.39, 0.29) is 5.82 Å². The highest BCUT2D eigenvalue weighted by atomic mass is 19.1. The summed E-state index contributed by atoms with van der Waals surface area (Å²) in [6, 6.07) is 14.9. The Balaban J connectivity index is 1.63. The first-order valence-electron chi connectivity index (χ1n) is 7.51. The van der Waals surface area contributed by atoms with E-state index in [1.807, 2.05) is 18.2 Å². The van der Waals surface area contributed by atoms with Crippen LogP contribution >= 0.6 is 0 Å². The highest BCUT2D eigenvalue weighted by molar-refractivity contribution is 6.07. The Labute approximate surface area is 132 Å². The molecule has 0 radical (unpaired) electrons. The summed E-state index contributed by atoms with van der Waals surface area (Å²) in [5.74, 6) is 0.470. The number of aromatic amines is 1. The molecule has 4 aromatic rings. The van der Waals surface area contributed by atoms with E-state index in [2.05, 4.69) is 32.4 Å². The lowest BCUT2D eigenvalue weighted by atomic mass is 10.1. The van der Waals surface area contributed by atoms with Crippen molar-refractivity contribution in [2.24, 2.45) is 0 Å². The molecular formula is C18H15FN4. The van der Waals surface area contributed by atoms with E-state index in [1.165, 1.54) is 24.0 Å². The molecule has 5 heteroatoms. The molecule has 0 aliphatic carbocycles. The quantitative estimate of drug-likeness (QED) is 0.601.